The molecule has 0 atom stereocenters. The number of nitrogens with zero attached hydrogens (tertiary/aromatic N) is 1. The Morgan fingerprint density at radius 3 is 2.40 bits per heavy atom. The van der Waals surface area contributed by atoms with Crippen LogP contribution in [0.1, 0.15) is 19.8 Å². The zero-order valence-electron chi connectivity index (χ0n) is 11.6. The number of hydrogen-bond donors (Lipinski definition) is 1. The van der Waals surface area contributed by atoms with Crippen LogP contribution in [0.4, 0.5) is 5.69 Å². The fourth-order valence-electron chi connectivity index (χ4n) is 1.71. The number of carbonyl (C=O) groups excluding carboxylic acids is 1. The van der Waals surface area contributed by atoms with Gasteiger partial charge in [-0.15, -0.1) is 0 Å². The van der Waals surface area contributed by atoms with E-state index in [1.807, 2.05) is 6.92 Å². The van der Waals surface area contributed by atoms with Crippen LogP contribution < -0.4 is 9.62 Å². The Morgan fingerprint density at radius 1 is 1.30 bits per heavy atom. The molecule has 0 bridgehead atoms. The van der Waals surface area contributed by atoms with Crippen molar-refractivity contribution >= 4 is 37.5 Å². The van der Waals surface area contributed by atoms with Gasteiger partial charge in [-0.25, -0.2) is 8.42 Å². The second-order valence-corrected chi connectivity index (χ2v) is 7.23. The summed E-state index contributed by atoms with van der Waals surface area (Å²) in [5, 5.41) is 2.71. The number of amides is 1. The second-order valence-electron chi connectivity index (χ2n) is 4.41. The predicted molar refractivity (Wildman–Crippen MR) is 84.2 cm³/mol. The molecule has 5 nitrogen and oxygen atoms in total. The van der Waals surface area contributed by atoms with Gasteiger partial charge in [-0.3, -0.25) is 9.10 Å². The van der Waals surface area contributed by atoms with E-state index in [1.165, 1.54) is 4.31 Å². The number of nitrogens with one attached hydrogen (secondary N) is 1. The Kier molecular flexibility index (Phi) is 6.48. The topological polar surface area (TPSA) is 66.5 Å². The molecule has 1 aromatic carbocycles. The van der Waals surface area contributed by atoms with E-state index in [0.717, 1.165) is 17.1 Å². The molecular weight excluding hydrogens is 344 g/mol. The average molecular weight is 363 g/mol. The van der Waals surface area contributed by atoms with Gasteiger partial charge in [0.2, 0.25) is 15.9 Å². The molecule has 0 unspecified atom stereocenters. The van der Waals surface area contributed by atoms with Crippen molar-refractivity contribution in [2.45, 2.75) is 19.8 Å². The molecule has 0 aromatic heterocycles. The molecule has 1 N–H and O–H groups in total. The zero-order chi connectivity index (χ0) is 15.2. The summed E-state index contributed by atoms with van der Waals surface area (Å²) in [7, 11) is -3.37. The van der Waals surface area contributed by atoms with Crippen molar-refractivity contribution in [3.05, 3.63) is 28.7 Å². The molecule has 0 saturated heterocycles. The molecule has 0 aliphatic rings. The minimum Gasteiger partial charge on any atom is -0.354 e. The van der Waals surface area contributed by atoms with E-state index in [1.54, 1.807) is 24.3 Å². The third kappa shape index (κ3) is 5.50. The highest BCUT2D eigenvalue weighted by Crippen LogP contribution is 2.20. The summed E-state index contributed by atoms with van der Waals surface area (Å²) in [5.41, 5.74) is 0.584. The first kappa shape index (κ1) is 17.0. The van der Waals surface area contributed by atoms with Crippen LogP contribution in [0.3, 0.4) is 0 Å². The first-order chi connectivity index (χ1) is 9.34. The molecule has 0 saturated carbocycles. The standard InChI is InChI=1S/C13H19BrN2O3S/c1-3-4-13(17)15-9-10-16(20(2,18)19)12-7-5-11(14)6-8-12/h5-8H,3-4,9-10H2,1-2H3,(H,15,17). The normalized spacial score (nSPS) is 11.2. The van der Waals surface area contributed by atoms with E-state index >= 15 is 0 Å². The molecule has 112 valence electrons. The second kappa shape index (κ2) is 7.64. The Labute approximate surface area is 128 Å². The average Bonchev–Trinajstić information content (AvgIpc) is 2.35. The highest BCUT2D eigenvalue weighted by molar-refractivity contribution is 9.10. The highest BCUT2D eigenvalue weighted by atomic mass is 79.9. The first-order valence-corrected chi connectivity index (χ1v) is 8.98. The molecule has 0 aliphatic heterocycles. The van der Waals surface area contributed by atoms with Crippen molar-refractivity contribution in [1.29, 1.82) is 0 Å². The molecule has 0 fully saturated rings. The first-order valence-electron chi connectivity index (χ1n) is 6.34. The van der Waals surface area contributed by atoms with E-state index in [2.05, 4.69) is 21.2 Å². The van der Waals surface area contributed by atoms with Crippen molar-refractivity contribution in [2.75, 3.05) is 23.7 Å². The van der Waals surface area contributed by atoms with E-state index in [9.17, 15) is 13.2 Å². The Balaban J connectivity index is 2.72. The number of halogens is 1. The van der Waals surface area contributed by atoms with Crippen molar-refractivity contribution < 1.29 is 13.2 Å². The van der Waals surface area contributed by atoms with Gasteiger partial charge in [0.25, 0.3) is 0 Å². The van der Waals surface area contributed by atoms with Crippen molar-refractivity contribution in [3.8, 4) is 0 Å². The van der Waals surface area contributed by atoms with Gasteiger partial charge in [-0.05, 0) is 30.7 Å². The zero-order valence-corrected chi connectivity index (χ0v) is 14.0. The molecule has 1 aromatic rings. The minimum atomic E-state index is -3.37. The predicted octanol–water partition coefficient (Wildman–Crippen LogP) is 2.13. The van der Waals surface area contributed by atoms with Crippen LogP contribution in [0, 0.1) is 0 Å². The Morgan fingerprint density at radius 2 is 1.90 bits per heavy atom. The summed E-state index contributed by atoms with van der Waals surface area (Å²) >= 11 is 3.31. The number of carbonyl (C=O) groups is 1. The molecule has 0 aliphatic carbocycles. The summed E-state index contributed by atoms with van der Waals surface area (Å²) in [4.78, 5) is 11.4. The highest BCUT2D eigenvalue weighted by Gasteiger charge is 2.17. The van der Waals surface area contributed by atoms with Crippen molar-refractivity contribution in [1.82, 2.24) is 5.32 Å². The molecule has 0 radical (unpaired) electrons. The lowest BCUT2D eigenvalue weighted by Gasteiger charge is -2.22. The smallest absolute Gasteiger partial charge is 0.232 e. The maximum Gasteiger partial charge on any atom is 0.232 e. The number of benzene rings is 1. The fraction of sp³-hybridized carbons (Fsp3) is 0.462. The van der Waals surface area contributed by atoms with Gasteiger partial charge in [-0.1, -0.05) is 22.9 Å². The van der Waals surface area contributed by atoms with Gasteiger partial charge in [0.05, 0.1) is 18.5 Å². The molecule has 1 rings (SSSR count). The maximum absolute atomic E-state index is 11.8. The molecule has 20 heavy (non-hydrogen) atoms. The molecule has 7 heteroatoms. The number of sulfonamides is 1. The van der Waals surface area contributed by atoms with Crippen molar-refractivity contribution in [3.63, 3.8) is 0 Å². The summed E-state index contributed by atoms with van der Waals surface area (Å²) < 4.78 is 25.8. The number of hydrogen-bond acceptors (Lipinski definition) is 3. The lowest BCUT2D eigenvalue weighted by atomic mass is 10.3. The number of anilines is 1. The third-order valence-corrected chi connectivity index (χ3v) is 4.35. The third-order valence-electron chi connectivity index (χ3n) is 2.63. The van der Waals surface area contributed by atoms with Gasteiger partial charge in [0.15, 0.2) is 0 Å². The van der Waals surface area contributed by atoms with E-state index in [-0.39, 0.29) is 12.5 Å². The Bertz CT molecular complexity index is 543. The molecular formula is C13H19BrN2O3S. The van der Waals surface area contributed by atoms with E-state index < -0.39 is 10.0 Å². The minimum absolute atomic E-state index is 0.0586. The van der Waals surface area contributed by atoms with Gasteiger partial charge in [0.1, 0.15) is 0 Å². The van der Waals surface area contributed by atoms with Crippen LogP contribution in [0.2, 0.25) is 0 Å². The van der Waals surface area contributed by atoms with Gasteiger partial charge >= 0.3 is 0 Å². The van der Waals surface area contributed by atoms with E-state index in [0.29, 0.717) is 18.7 Å². The van der Waals surface area contributed by atoms with E-state index in [4.69, 9.17) is 0 Å². The molecule has 1 amide bonds. The monoisotopic (exact) mass is 362 g/mol. The summed E-state index contributed by atoms with van der Waals surface area (Å²) in [6.45, 7) is 2.43. The SMILES string of the molecule is CCCC(=O)NCCN(c1ccc(Br)cc1)S(C)(=O)=O. The molecule has 0 spiro atoms. The summed E-state index contributed by atoms with van der Waals surface area (Å²) in [6.07, 6.45) is 2.38. The van der Waals surface area contributed by atoms with Crippen molar-refractivity contribution in [2.24, 2.45) is 0 Å². The molecule has 0 heterocycles. The lowest BCUT2D eigenvalue weighted by molar-refractivity contribution is -0.121. The van der Waals surface area contributed by atoms with Crippen LogP contribution >= 0.6 is 15.9 Å². The van der Waals surface area contributed by atoms with Crippen LogP contribution in [-0.4, -0.2) is 33.7 Å². The fourth-order valence-corrected chi connectivity index (χ4v) is 2.90. The van der Waals surface area contributed by atoms with Crippen LogP contribution in [0.25, 0.3) is 0 Å². The summed E-state index contributed by atoms with van der Waals surface area (Å²) in [6, 6.07) is 7.00. The van der Waals surface area contributed by atoms with Gasteiger partial charge < -0.3 is 5.32 Å². The lowest BCUT2D eigenvalue weighted by Crippen LogP contribution is -2.38. The van der Waals surface area contributed by atoms with Crippen LogP contribution in [0.5, 0.6) is 0 Å². The summed E-state index contributed by atoms with van der Waals surface area (Å²) in [5.74, 6) is -0.0586. The van der Waals surface area contributed by atoms with Crippen LogP contribution in [-0.2, 0) is 14.8 Å². The largest absolute Gasteiger partial charge is 0.354 e. The van der Waals surface area contributed by atoms with Gasteiger partial charge in [0, 0.05) is 17.4 Å². The van der Waals surface area contributed by atoms with Gasteiger partial charge in [-0.2, -0.15) is 0 Å². The Hall–Kier alpha value is -1.08. The maximum atomic E-state index is 11.8. The quantitative estimate of drug-likeness (QED) is 0.807. The van der Waals surface area contributed by atoms with Crippen LogP contribution in [0.15, 0.2) is 28.7 Å². The number of rotatable bonds is 7.